The smallest absolute Gasteiger partial charge is 0.237 e. The molecule has 1 heterocycles. The summed E-state index contributed by atoms with van der Waals surface area (Å²) in [6.07, 6.45) is 3.69. The van der Waals surface area contributed by atoms with Gasteiger partial charge in [0.05, 0.1) is 0 Å². The summed E-state index contributed by atoms with van der Waals surface area (Å²) in [4.78, 5) is 0. The molecule has 0 spiro atoms. The monoisotopic (exact) mass is 163 g/mol. The van der Waals surface area contributed by atoms with E-state index in [9.17, 15) is 8.42 Å². The molecule has 0 aromatic heterocycles. The molecule has 1 rings (SSSR count). The summed E-state index contributed by atoms with van der Waals surface area (Å²) in [6, 6.07) is 0. The molecule has 1 fully saturated rings. The Bertz CT molecular complexity index is 195. The molecule has 3 nitrogen and oxygen atoms in total. The van der Waals surface area contributed by atoms with Crippen LogP contribution in [0.3, 0.4) is 0 Å². The number of rotatable bonds is 4. The topological polar surface area (TPSA) is 46.7 Å². The van der Waals surface area contributed by atoms with Crippen LogP contribution in [-0.2, 0) is 14.3 Å². The summed E-state index contributed by atoms with van der Waals surface area (Å²) < 4.78 is 25.2. The van der Waals surface area contributed by atoms with Gasteiger partial charge >= 0.3 is 10.1 Å². The molecule has 0 aromatic rings. The Labute approximate surface area is 61.5 Å². The highest BCUT2D eigenvalue weighted by Crippen LogP contribution is 2.37. The zero-order valence-electron chi connectivity index (χ0n) is 5.96. The highest BCUT2D eigenvalue weighted by Gasteiger charge is 2.47. The van der Waals surface area contributed by atoms with Crippen molar-refractivity contribution in [3.8, 4) is 0 Å². The number of unbranched alkanes of at least 4 members (excludes halogenated alkanes) is 2. The Morgan fingerprint density at radius 3 is 2.40 bits per heavy atom. The van der Waals surface area contributed by atoms with Crippen LogP contribution in [0.4, 0.5) is 0 Å². The molecule has 59 valence electrons. The zero-order chi connectivity index (χ0) is 7.61. The molecular formula is C6H11O3S. The van der Waals surface area contributed by atoms with Gasteiger partial charge in [0.25, 0.3) is 5.44 Å². The van der Waals surface area contributed by atoms with Gasteiger partial charge in [0.1, 0.15) is 0 Å². The molecule has 1 aliphatic heterocycles. The van der Waals surface area contributed by atoms with E-state index in [2.05, 4.69) is 11.1 Å². The second kappa shape index (κ2) is 2.88. The molecule has 1 aliphatic rings. The lowest BCUT2D eigenvalue weighted by molar-refractivity contribution is 0.490. The minimum Gasteiger partial charge on any atom is -0.237 e. The van der Waals surface area contributed by atoms with E-state index in [-0.39, 0.29) is 5.44 Å². The standard InChI is InChI=1S/C6H11O3S/c1-2-3-4-5-6-9-10(6,7)8/h2-5H2,1H3. The first-order valence-corrected chi connectivity index (χ1v) is 4.88. The van der Waals surface area contributed by atoms with Gasteiger partial charge in [-0.15, -0.1) is 0 Å². The van der Waals surface area contributed by atoms with Gasteiger partial charge in [-0.05, 0) is 12.8 Å². The average Bonchev–Trinajstić information content (AvgIpc) is 2.41. The Morgan fingerprint density at radius 2 is 2.00 bits per heavy atom. The maximum Gasteiger partial charge on any atom is 0.305 e. The Morgan fingerprint density at radius 1 is 1.40 bits per heavy atom. The third-order valence-electron chi connectivity index (χ3n) is 1.44. The Balaban J connectivity index is 2.08. The third-order valence-corrected chi connectivity index (χ3v) is 2.55. The van der Waals surface area contributed by atoms with Crippen molar-refractivity contribution in [2.75, 3.05) is 0 Å². The fourth-order valence-electron chi connectivity index (χ4n) is 0.791. The van der Waals surface area contributed by atoms with E-state index in [1.165, 1.54) is 0 Å². The first-order valence-electron chi connectivity index (χ1n) is 3.47. The maximum absolute atomic E-state index is 10.4. The average molecular weight is 163 g/mol. The predicted octanol–water partition coefficient (Wildman–Crippen LogP) is 1.42. The largest absolute Gasteiger partial charge is 0.305 e. The molecule has 0 unspecified atom stereocenters. The summed E-state index contributed by atoms with van der Waals surface area (Å²) in [6.45, 7) is 2.08. The summed E-state index contributed by atoms with van der Waals surface area (Å²) >= 11 is 0. The van der Waals surface area contributed by atoms with Crippen molar-refractivity contribution in [2.24, 2.45) is 0 Å². The summed E-state index contributed by atoms with van der Waals surface area (Å²) in [5, 5.41) is 0. The molecule has 10 heavy (non-hydrogen) atoms. The van der Waals surface area contributed by atoms with Crippen LogP contribution in [0.15, 0.2) is 0 Å². The van der Waals surface area contributed by atoms with Crippen LogP contribution in [0.5, 0.6) is 0 Å². The quantitative estimate of drug-likeness (QED) is 0.465. The zero-order valence-corrected chi connectivity index (χ0v) is 6.78. The van der Waals surface area contributed by atoms with Gasteiger partial charge < -0.3 is 0 Å². The van der Waals surface area contributed by atoms with Crippen molar-refractivity contribution in [3.05, 3.63) is 5.44 Å². The molecule has 0 aliphatic carbocycles. The summed E-state index contributed by atoms with van der Waals surface area (Å²) in [7, 11) is -3.12. The highest BCUT2D eigenvalue weighted by molar-refractivity contribution is 7.95. The highest BCUT2D eigenvalue weighted by atomic mass is 32.2. The van der Waals surface area contributed by atoms with E-state index in [0.29, 0.717) is 6.42 Å². The maximum atomic E-state index is 10.4. The van der Waals surface area contributed by atoms with E-state index in [0.717, 1.165) is 19.3 Å². The Kier molecular flexibility index (Phi) is 2.31. The van der Waals surface area contributed by atoms with Crippen molar-refractivity contribution >= 4 is 10.1 Å². The van der Waals surface area contributed by atoms with Gasteiger partial charge in [-0.25, -0.2) is 4.18 Å². The third kappa shape index (κ3) is 1.95. The first kappa shape index (κ1) is 8.01. The molecule has 0 amide bonds. The van der Waals surface area contributed by atoms with Gasteiger partial charge in [-0.1, -0.05) is 19.8 Å². The second-order valence-electron chi connectivity index (χ2n) is 2.37. The van der Waals surface area contributed by atoms with Crippen LogP contribution >= 0.6 is 0 Å². The van der Waals surface area contributed by atoms with Crippen LogP contribution in [0.1, 0.15) is 32.6 Å². The van der Waals surface area contributed by atoms with Gasteiger partial charge in [0.15, 0.2) is 0 Å². The van der Waals surface area contributed by atoms with Gasteiger partial charge in [-0.3, -0.25) is 0 Å². The van der Waals surface area contributed by atoms with Crippen LogP contribution in [0, 0.1) is 5.44 Å². The molecule has 0 bridgehead atoms. The SMILES string of the molecule is CCCCC[C]1OS1(=O)=O. The van der Waals surface area contributed by atoms with E-state index in [4.69, 9.17) is 0 Å². The predicted molar refractivity (Wildman–Crippen MR) is 37.4 cm³/mol. The second-order valence-corrected chi connectivity index (χ2v) is 3.90. The van der Waals surface area contributed by atoms with E-state index in [1.54, 1.807) is 0 Å². The molecule has 0 aromatic carbocycles. The number of hydrogen-bond donors (Lipinski definition) is 0. The molecule has 0 atom stereocenters. The molecule has 4 heteroatoms. The fraction of sp³-hybridized carbons (Fsp3) is 0.833. The summed E-state index contributed by atoms with van der Waals surface area (Å²) in [5.41, 5.74) is 0.279. The Hall–Kier alpha value is -0.0900. The van der Waals surface area contributed by atoms with Gasteiger partial charge in [0, 0.05) is 0 Å². The van der Waals surface area contributed by atoms with Crippen LogP contribution in [-0.4, -0.2) is 8.42 Å². The lowest BCUT2D eigenvalue weighted by atomic mass is 10.2. The van der Waals surface area contributed by atoms with Crippen molar-refractivity contribution in [1.29, 1.82) is 0 Å². The van der Waals surface area contributed by atoms with Crippen LogP contribution in [0.2, 0.25) is 0 Å². The van der Waals surface area contributed by atoms with Crippen LogP contribution < -0.4 is 0 Å². The lowest BCUT2D eigenvalue weighted by Gasteiger charge is -1.88. The molecule has 1 radical (unpaired) electrons. The molecular weight excluding hydrogens is 152 g/mol. The van der Waals surface area contributed by atoms with E-state index >= 15 is 0 Å². The van der Waals surface area contributed by atoms with E-state index < -0.39 is 10.1 Å². The molecule has 1 saturated heterocycles. The van der Waals surface area contributed by atoms with Crippen molar-refractivity contribution in [3.63, 3.8) is 0 Å². The first-order chi connectivity index (χ1) is 4.67. The minimum atomic E-state index is -3.12. The van der Waals surface area contributed by atoms with E-state index in [1.807, 2.05) is 0 Å². The lowest BCUT2D eigenvalue weighted by Crippen LogP contribution is -1.79. The minimum absolute atomic E-state index is 0.279. The summed E-state index contributed by atoms with van der Waals surface area (Å²) in [5.74, 6) is 0. The van der Waals surface area contributed by atoms with Crippen molar-refractivity contribution in [1.82, 2.24) is 0 Å². The molecule has 0 saturated carbocycles. The van der Waals surface area contributed by atoms with Gasteiger partial charge in [0.2, 0.25) is 0 Å². The van der Waals surface area contributed by atoms with Crippen molar-refractivity contribution < 1.29 is 12.6 Å². The number of hydrogen-bond acceptors (Lipinski definition) is 3. The fourth-order valence-corrected chi connectivity index (χ4v) is 1.65. The molecule has 0 N–H and O–H groups in total. The van der Waals surface area contributed by atoms with Crippen LogP contribution in [0.25, 0.3) is 0 Å². The normalized spacial score (nSPS) is 22.9. The van der Waals surface area contributed by atoms with Crippen molar-refractivity contribution in [2.45, 2.75) is 32.6 Å². The van der Waals surface area contributed by atoms with Gasteiger partial charge in [-0.2, -0.15) is 8.42 Å².